The van der Waals surface area contributed by atoms with Gasteiger partial charge in [-0.05, 0) is 43.4 Å². The molecule has 0 atom stereocenters. The molecule has 0 unspecified atom stereocenters. The van der Waals surface area contributed by atoms with Crippen molar-refractivity contribution in [2.45, 2.75) is 26.7 Å². The first-order chi connectivity index (χ1) is 8.63. The van der Waals surface area contributed by atoms with Crippen LogP contribution in [0.5, 0.6) is 0 Å². The van der Waals surface area contributed by atoms with E-state index in [0.29, 0.717) is 0 Å². The first-order valence-electron chi connectivity index (χ1n) is 6.41. The van der Waals surface area contributed by atoms with Crippen LogP contribution in [-0.4, -0.2) is 0 Å². The number of hydrogen-bond donors (Lipinski definition) is 0. The Morgan fingerprint density at radius 3 is 1.78 bits per heavy atom. The highest BCUT2D eigenvalue weighted by Gasteiger charge is 1.98. The van der Waals surface area contributed by atoms with Crippen LogP contribution in [0.15, 0.2) is 60.7 Å². The van der Waals surface area contributed by atoms with Crippen LogP contribution in [0.4, 0.5) is 0 Å². The van der Waals surface area contributed by atoms with E-state index in [1.807, 2.05) is 0 Å². The summed E-state index contributed by atoms with van der Waals surface area (Å²) in [5.74, 6) is 0. The molecule has 0 N–H and O–H groups in total. The Kier molecular flexibility index (Phi) is 3.99. The van der Waals surface area contributed by atoms with Gasteiger partial charge in [0, 0.05) is 0 Å². The lowest BCUT2D eigenvalue weighted by Gasteiger charge is -2.05. The second-order valence-electron chi connectivity index (χ2n) is 5.11. The Balaban J connectivity index is 2.06. The minimum absolute atomic E-state index is 0.977. The van der Waals surface area contributed by atoms with E-state index in [2.05, 4.69) is 69.0 Å². The third kappa shape index (κ3) is 3.59. The number of aryl methyl sites for hydroxylation is 1. The van der Waals surface area contributed by atoms with Crippen LogP contribution >= 0.6 is 0 Å². The van der Waals surface area contributed by atoms with Gasteiger partial charge in [-0.15, -0.1) is 0 Å². The van der Waals surface area contributed by atoms with E-state index >= 15 is 0 Å². The molecule has 0 bridgehead atoms. The monoisotopic (exact) mass is 236 g/mol. The molecule has 0 aliphatic rings. The standard InChI is InChI=1S/C18H20/c1-14(2)12-16-8-10-18(11-9-16)13-17-6-4-15(3)5-7-17/h4-11H,1,12-13H2,2-3H3. The van der Waals surface area contributed by atoms with Gasteiger partial charge in [-0.2, -0.15) is 0 Å². The van der Waals surface area contributed by atoms with Crippen molar-refractivity contribution in [1.29, 1.82) is 0 Å². The molecule has 18 heavy (non-hydrogen) atoms. The van der Waals surface area contributed by atoms with Crippen LogP contribution in [0.1, 0.15) is 29.2 Å². The third-order valence-corrected chi connectivity index (χ3v) is 3.06. The summed E-state index contributed by atoms with van der Waals surface area (Å²) < 4.78 is 0. The Hall–Kier alpha value is -1.82. The largest absolute Gasteiger partial charge is 0.0998 e. The minimum atomic E-state index is 0.977. The number of hydrogen-bond acceptors (Lipinski definition) is 0. The smallest absolute Gasteiger partial charge is 0.00258 e. The van der Waals surface area contributed by atoms with Crippen LogP contribution in [-0.2, 0) is 12.8 Å². The van der Waals surface area contributed by atoms with Gasteiger partial charge in [0.05, 0.1) is 0 Å². The molecule has 0 fully saturated rings. The molecule has 0 aliphatic heterocycles. The van der Waals surface area contributed by atoms with Crippen molar-refractivity contribution in [1.82, 2.24) is 0 Å². The summed E-state index contributed by atoms with van der Waals surface area (Å²) in [5.41, 5.74) is 6.60. The van der Waals surface area contributed by atoms with Gasteiger partial charge in [0.2, 0.25) is 0 Å². The maximum atomic E-state index is 3.95. The average Bonchev–Trinajstić information content (AvgIpc) is 2.34. The fourth-order valence-electron chi connectivity index (χ4n) is 2.07. The Morgan fingerprint density at radius 2 is 1.28 bits per heavy atom. The molecular formula is C18H20. The fraction of sp³-hybridized carbons (Fsp3) is 0.222. The van der Waals surface area contributed by atoms with Crippen molar-refractivity contribution in [3.63, 3.8) is 0 Å². The Bertz CT molecular complexity index is 515. The normalized spacial score (nSPS) is 10.3. The molecule has 2 aromatic rings. The second-order valence-corrected chi connectivity index (χ2v) is 5.11. The van der Waals surface area contributed by atoms with Crippen LogP contribution in [0.3, 0.4) is 0 Å². The number of benzene rings is 2. The van der Waals surface area contributed by atoms with Gasteiger partial charge >= 0.3 is 0 Å². The molecule has 0 aliphatic carbocycles. The molecule has 0 radical (unpaired) electrons. The molecule has 92 valence electrons. The summed E-state index contributed by atoms with van der Waals surface area (Å²) in [5, 5.41) is 0. The van der Waals surface area contributed by atoms with E-state index in [0.717, 1.165) is 12.8 Å². The van der Waals surface area contributed by atoms with Crippen LogP contribution in [0.2, 0.25) is 0 Å². The molecule has 0 spiro atoms. The molecule has 0 amide bonds. The SMILES string of the molecule is C=C(C)Cc1ccc(Cc2ccc(C)cc2)cc1. The zero-order valence-electron chi connectivity index (χ0n) is 11.2. The molecule has 0 saturated carbocycles. The Morgan fingerprint density at radius 1 is 0.833 bits per heavy atom. The van der Waals surface area contributed by atoms with Crippen molar-refractivity contribution >= 4 is 0 Å². The van der Waals surface area contributed by atoms with E-state index in [1.54, 1.807) is 0 Å². The van der Waals surface area contributed by atoms with Gasteiger partial charge in [0.25, 0.3) is 0 Å². The lowest BCUT2D eigenvalue weighted by molar-refractivity contribution is 1.13. The van der Waals surface area contributed by atoms with Crippen LogP contribution < -0.4 is 0 Å². The van der Waals surface area contributed by atoms with Crippen molar-refractivity contribution in [3.05, 3.63) is 82.9 Å². The van der Waals surface area contributed by atoms with Gasteiger partial charge in [0.1, 0.15) is 0 Å². The topological polar surface area (TPSA) is 0 Å². The van der Waals surface area contributed by atoms with E-state index in [9.17, 15) is 0 Å². The summed E-state index contributed by atoms with van der Waals surface area (Å²) in [6, 6.07) is 17.6. The predicted octanol–water partition coefficient (Wildman–Crippen LogP) is 4.70. The fourth-order valence-corrected chi connectivity index (χ4v) is 2.07. The number of rotatable bonds is 4. The van der Waals surface area contributed by atoms with Crippen LogP contribution in [0.25, 0.3) is 0 Å². The summed E-state index contributed by atoms with van der Waals surface area (Å²) in [7, 11) is 0. The Labute approximate surface area is 110 Å². The van der Waals surface area contributed by atoms with Crippen molar-refractivity contribution in [2.24, 2.45) is 0 Å². The molecule has 0 heterocycles. The highest BCUT2D eigenvalue weighted by molar-refractivity contribution is 5.31. The molecule has 2 rings (SSSR count). The molecule has 0 saturated heterocycles. The molecule has 0 aromatic heterocycles. The maximum absolute atomic E-state index is 3.95. The molecule has 2 aromatic carbocycles. The summed E-state index contributed by atoms with van der Waals surface area (Å²) in [6.07, 6.45) is 1.98. The van der Waals surface area contributed by atoms with Crippen LogP contribution in [0, 0.1) is 6.92 Å². The zero-order chi connectivity index (χ0) is 13.0. The third-order valence-electron chi connectivity index (χ3n) is 3.06. The van der Waals surface area contributed by atoms with Crippen molar-refractivity contribution < 1.29 is 0 Å². The highest BCUT2D eigenvalue weighted by Crippen LogP contribution is 2.13. The first-order valence-corrected chi connectivity index (χ1v) is 6.41. The first kappa shape index (κ1) is 12.6. The number of allylic oxidation sites excluding steroid dienone is 1. The van der Waals surface area contributed by atoms with Crippen molar-refractivity contribution in [2.75, 3.05) is 0 Å². The van der Waals surface area contributed by atoms with E-state index < -0.39 is 0 Å². The lowest BCUT2D eigenvalue weighted by atomic mass is 10.0. The zero-order valence-corrected chi connectivity index (χ0v) is 11.2. The summed E-state index contributed by atoms with van der Waals surface area (Å²) in [6.45, 7) is 8.14. The molecular weight excluding hydrogens is 216 g/mol. The summed E-state index contributed by atoms with van der Waals surface area (Å²) >= 11 is 0. The second kappa shape index (κ2) is 5.68. The lowest BCUT2D eigenvalue weighted by Crippen LogP contribution is -1.90. The maximum Gasteiger partial charge on any atom is -0.00258 e. The molecule has 0 nitrogen and oxygen atoms in total. The van der Waals surface area contributed by atoms with Gasteiger partial charge in [0.15, 0.2) is 0 Å². The highest BCUT2D eigenvalue weighted by atomic mass is 14.0. The van der Waals surface area contributed by atoms with E-state index in [4.69, 9.17) is 0 Å². The minimum Gasteiger partial charge on any atom is -0.0998 e. The van der Waals surface area contributed by atoms with Crippen molar-refractivity contribution in [3.8, 4) is 0 Å². The quantitative estimate of drug-likeness (QED) is 0.675. The van der Waals surface area contributed by atoms with Gasteiger partial charge in [-0.3, -0.25) is 0 Å². The van der Waals surface area contributed by atoms with Gasteiger partial charge in [-0.1, -0.05) is 66.2 Å². The van der Waals surface area contributed by atoms with E-state index in [-0.39, 0.29) is 0 Å². The van der Waals surface area contributed by atoms with Gasteiger partial charge in [-0.25, -0.2) is 0 Å². The van der Waals surface area contributed by atoms with Gasteiger partial charge < -0.3 is 0 Å². The average molecular weight is 236 g/mol. The molecule has 0 heteroatoms. The van der Waals surface area contributed by atoms with E-state index in [1.165, 1.54) is 27.8 Å². The summed E-state index contributed by atoms with van der Waals surface area (Å²) in [4.78, 5) is 0. The predicted molar refractivity (Wildman–Crippen MR) is 78.9 cm³/mol.